The van der Waals surface area contributed by atoms with E-state index in [1.807, 2.05) is 0 Å². The highest BCUT2D eigenvalue weighted by atomic mass is 32.2. The average molecular weight is 201 g/mol. The van der Waals surface area contributed by atoms with Crippen molar-refractivity contribution in [2.24, 2.45) is 5.41 Å². The summed E-state index contributed by atoms with van der Waals surface area (Å²) in [4.78, 5) is 0. The third-order valence-corrected chi connectivity index (χ3v) is 3.32. The molecule has 0 bridgehead atoms. The van der Waals surface area contributed by atoms with Gasteiger partial charge in [-0.25, -0.2) is 0 Å². The summed E-state index contributed by atoms with van der Waals surface area (Å²) in [7, 11) is 0.459. The SMILES string of the molecule is C[S+](C)CC1=CC(O)CC(C)(C)C1. The third-order valence-electron chi connectivity index (χ3n) is 2.37. The molecule has 1 nitrogen and oxygen atoms in total. The Labute approximate surface area is 84.6 Å². The molecule has 0 spiro atoms. The first-order chi connectivity index (χ1) is 5.89. The van der Waals surface area contributed by atoms with Crippen LogP contribution in [-0.4, -0.2) is 29.5 Å². The molecule has 0 fully saturated rings. The molecule has 0 saturated heterocycles. The van der Waals surface area contributed by atoms with Crippen molar-refractivity contribution in [3.05, 3.63) is 11.6 Å². The fourth-order valence-corrected chi connectivity index (χ4v) is 3.05. The summed E-state index contributed by atoms with van der Waals surface area (Å²) in [5, 5.41) is 9.65. The van der Waals surface area contributed by atoms with Crippen molar-refractivity contribution in [1.29, 1.82) is 0 Å². The third kappa shape index (κ3) is 3.74. The van der Waals surface area contributed by atoms with Gasteiger partial charge < -0.3 is 5.11 Å². The Balaban J connectivity index is 2.64. The topological polar surface area (TPSA) is 20.2 Å². The number of rotatable bonds is 2. The van der Waals surface area contributed by atoms with Gasteiger partial charge in [0.25, 0.3) is 0 Å². The van der Waals surface area contributed by atoms with Gasteiger partial charge in [0.15, 0.2) is 0 Å². The zero-order chi connectivity index (χ0) is 10.1. The largest absolute Gasteiger partial charge is 0.389 e. The van der Waals surface area contributed by atoms with E-state index in [4.69, 9.17) is 0 Å². The van der Waals surface area contributed by atoms with Crippen LogP contribution in [0.3, 0.4) is 0 Å². The normalized spacial score (nSPS) is 27.5. The molecule has 0 amide bonds. The van der Waals surface area contributed by atoms with Gasteiger partial charge in [0.2, 0.25) is 0 Å². The fourth-order valence-electron chi connectivity index (χ4n) is 2.11. The number of hydrogen-bond acceptors (Lipinski definition) is 1. The maximum absolute atomic E-state index is 9.65. The zero-order valence-corrected chi connectivity index (χ0v) is 9.95. The van der Waals surface area contributed by atoms with Crippen molar-refractivity contribution < 1.29 is 5.11 Å². The van der Waals surface area contributed by atoms with Crippen LogP contribution in [0.1, 0.15) is 26.7 Å². The highest BCUT2D eigenvalue weighted by Crippen LogP contribution is 2.35. The van der Waals surface area contributed by atoms with Crippen molar-refractivity contribution in [3.63, 3.8) is 0 Å². The molecule has 2 heteroatoms. The van der Waals surface area contributed by atoms with Crippen LogP contribution < -0.4 is 0 Å². The predicted molar refractivity (Wildman–Crippen MR) is 61.2 cm³/mol. The van der Waals surface area contributed by atoms with Crippen molar-refractivity contribution in [2.45, 2.75) is 32.8 Å². The Morgan fingerprint density at radius 2 is 2.15 bits per heavy atom. The lowest BCUT2D eigenvalue weighted by Gasteiger charge is -2.31. The number of aliphatic hydroxyl groups is 1. The Morgan fingerprint density at radius 3 is 2.62 bits per heavy atom. The van der Waals surface area contributed by atoms with Gasteiger partial charge in [0.1, 0.15) is 5.75 Å². The Bertz CT molecular complexity index is 206. The molecule has 0 aromatic carbocycles. The molecule has 1 unspecified atom stereocenters. The molecule has 0 aromatic heterocycles. The van der Waals surface area contributed by atoms with Crippen molar-refractivity contribution in [1.82, 2.24) is 0 Å². The highest BCUT2D eigenvalue weighted by Gasteiger charge is 2.29. The Hall–Kier alpha value is 0.0500. The quantitative estimate of drug-likeness (QED) is 0.535. The minimum absolute atomic E-state index is 0.206. The molecule has 0 radical (unpaired) electrons. The maximum atomic E-state index is 9.65. The van der Waals surface area contributed by atoms with Crippen LogP contribution in [0.4, 0.5) is 0 Å². The number of hydrogen-bond donors (Lipinski definition) is 1. The summed E-state index contributed by atoms with van der Waals surface area (Å²) in [5.41, 5.74) is 1.75. The van der Waals surface area contributed by atoms with Crippen LogP contribution in [0.5, 0.6) is 0 Å². The van der Waals surface area contributed by atoms with Gasteiger partial charge in [-0.2, -0.15) is 0 Å². The van der Waals surface area contributed by atoms with Crippen LogP contribution in [0.2, 0.25) is 0 Å². The summed E-state index contributed by atoms with van der Waals surface area (Å²) in [6.45, 7) is 4.49. The van der Waals surface area contributed by atoms with E-state index < -0.39 is 0 Å². The van der Waals surface area contributed by atoms with Gasteiger partial charge in [0, 0.05) is 0 Å². The monoisotopic (exact) mass is 201 g/mol. The zero-order valence-electron chi connectivity index (χ0n) is 9.13. The van der Waals surface area contributed by atoms with Crippen LogP contribution in [-0.2, 0) is 10.9 Å². The minimum atomic E-state index is -0.206. The van der Waals surface area contributed by atoms with E-state index in [1.165, 1.54) is 11.3 Å². The molecule has 13 heavy (non-hydrogen) atoms. The molecule has 0 saturated carbocycles. The number of aliphatic hydroxyl groups excluding tert-OH is 1. The van der Waals surface area contributed by atoms with Gasteiger partial charge in [-0.1, -0.05) is 19.9 Å². The summed E-state index contributed by atoms with van der Waals surface area (Å²) >= 11 is 0. The van der Waals surface area contributed by atoms with E-state index in [-0.39, 0.29) is 6.10 Å². The van der Waals surface area contributed by atoms with E-state index in [0.717, 1.165) is 12.8 Å². The molecule has 1 rings (SSSR count). The van der Waals surface area contributed by atoms with E-state index >= 15 is 0 Å². The van der Waals surface area contributed by atoms with Crippen molar-refractivity contribution in [3.8, 4) is 0 Å². The lowest BCUT2D eigenvalue weighted by atomic mass is 9.76. The lowest BCUT2D eigenvalue weighted by Crippen LogP contribution is -2.27. The maximum Gasteiger partial charge on any atom is 0.128 e. The molecular weight excluding hydrogens is 180 g/mol. The Morgan fingerprint density at radius 1 is 1.54 bits per heavy atom. The van der Waals surface area contributed by atoms with Gasteiger partial charge in [0.05, 0.1) is 18.6 Å². The molecule has 1 N–H and O–H groups in total. The average Bonchev–Trinajstić information content (AvgIpc) is 1.78. The first-order valence-corrected chi connectivity index (χ1v) is 7.02. The molecule has 0 aromatic rings. The van der Waals surface area contributed by atoms with Gasteiger partial charge in [-0.15, -0.1) is 0 Å². The highest BCUT2D eigenvalue weighted by molar-refractivity contribution is 7.95. The molecule has 1 aliphatic rings. The van der Waals surface area contributed by atoms with E-state index in [2.05, 4.69) is 32.4 Å². The van der Waals surface area contributed by atoms with Gasteiger partial charge in [-0.3, -0.25) is 0 Å². The summed E-state index contributed by atoms with van der Waals surface area (Å²) in [6, 6.07) is 0. The van der Waals surface area contributed by atoms with Gasteiger partial charge >= 0.3 is 0 Å². The second kappa shape index (κ2) is 4.05. The lowest BCUT2D eigenvalue weighted by molar-refractivity contribution is 0.139. The molecular formula is C11H21OS+. The van der Waals surface area contributed by atoms with Crippen molar-refractivity contribution >= 4 is 10.9 Å². The van der Waals surface area contributed by atoms with E-state index in [1.54, 1.807) is 0 Å². The molecule has 0 aliphatic heterocycles. The van der Waals surface area contributed by atoms with Crippen molar-refractivity contribution in [2.75, 3.05) is 18.3 Å². The predicted octanol–water partition coefficient (Wildman–Crippen LogP) is 1.97. The second-order valence-corrected chi connectivity index (χ2v) is 7.33. The Kier molecular flexibility index (Phi) is 3.47. The standard InChI is InChI=1S/C11H21OS/c1-11(2)6-9(8-13(3)4)5-10(12)7-11/h5,10,12H,6-8H2,1-4H3/q+1. The van der Waals surface area contributed by atoms with E-state index in [0.29, 0.717) is 16.3 Å². The van der Waals surface area contributed by atoms with E-state index in [9.17, 15) is 5.11 Å². The summed E-state index contributed by atoms with van der Waals surface area (Å²) < 4.78 is 0. The van der Waals surface area contributed by atoms with Crippen LogP contribution >= 0.6 is 0 Å². The van der Waals surface area contributed by atoms with Crippen LogP contribution in [0.25, 0.3) is 0 Å². The molecule has 76 valence electrons. The first kappa shape index (κ1) is 11.1. The fraction of sp³-hybridized carbons (Fsp3) is 0.818. The summed E-state index contributed by atoms with van der Waals surface area (Å²) in [6.07, 6.45) is 8.46. The summed E-state index contributed by atoms with van der Waals surface area (Å²) in [5.74, 6) is 1.17. The van der Waals surface area contributed by atoms with Crippen LogP contribution in [0, 0.1) is 5.41 Å². The smallest absolute Gasteiger partial charge is 0.128 e. The second-order valence-electron chi connectivity index (χ2n) is 5.07. The first-order valence-electron chi connectivity index (χ1n) is 4.81. The molecule has 1 aliphatic carbocycles. The minimum Gasteiger partial charge on any atom is -0.389 e. The van der Waals surface area contributed by atoms with Crippen LogP contribution in [0.15, 0.2) is 11.6 Å². The molecule has 0 heterocycles. The van der Waals surface area contributed by atoms with Gasteiger partial charge in [-0.05, 0) is 34.7 Å². The molecule has 1 atom stereocenters.